The zero-order valence-corrected chi connectivity index (χ0v) is 18.8. The fourth-order valence-corrected chi connectivity index (χ4v) is 4.65. The molecule has 4 aromatic rings. The summed E-state index contributed by atoms with van der Waals surface area (Å²) in [5, 5.41) is 21.2. The predicted octanol–water partition coefficient (Wildman–Crippen LogP) is 2.11. The number of aromatic nitrogens is 5. The number of piperazine rings is 1. The van der Waals surface area contributed by atoms with Gasteiger partial charge in [0.25, 0.3) is 0 Å². The lowest BCUT2D eigenvalue weighted by Gasteiger charge is -2.39. The predicted molar refractivity (Wildman–Crippen MR) is 123 cm³/mol. The van der Waals surface area contributed by atoms with Crippen LogP contribution in [-0.4, -0.2) is 78.7 Å². The summed E-state index contributed by atoms with van der Waals surface area (Å²) >= 11 is 0. The van der Waals surface area contributed by atoms with E-state index in [2.05, 4.69) is 37.1 Å². The molecule has 0 bridgehead atoms. The highest BCUT2D eigenvalue weighted by Crippen LogP contribution is 2.28. The molecule has 3 heterocycles. The standard InChI is InChI=1S/C24H27F2N7O/c25-20-5-6-21(22(26)13-20)24(34,16-32-18-27-17-29-32)15-31-9-7-30(8-10-31)11-12-33-23-4-2-1-3-19(23)14-28-33/h1-6,13-14,17-18,34H,7-12,15-16H2. The van der Waals surface area contributed by atoms with Crippen molar-refractivity contribution in [3.8, 4) is 0 Å². The van der Waals surface area contributed by atoms with Gasteiger partial charge in [-0.05, 0) is 12.1 Å². The molecule has 1 N–H and O–H groups in total. The highest BCUT2D eigenvalue weighted by molar-refractivity contribution is 5.78. The Labute approximate surface area is 196 Å². The molecule has 0 aliphatic carbocycles. The van der Waals surface area contributed by atoms with Gasteiger partial charge >= 0.3 is 0 Å². The number of halogens is 2. The van der Waals surface area contributed by atoms with Crippen molar-refractivity contribution in [2.45, 2.75) is 18.7 Å². The fraction of sp³-hybridized carbons (Fsp3) is 0.375. The molecule has 0 radical (unpaired) electrons. The van der Waals surface area contributed by atoms with E-state index in [9.17, 15) is 13.9 Å². The maximum atomic E-state index is 14.7. The average Bonchev–Trinajstić information content (AvgIpc) is 3.48. The number of β-amino-alcohol motifs (C(OH)–C–C–N with tert-alkyl or cyclic N) is 1. The van der Waals surface area contributed by atoms with E-state index in [-0.39, 0.29) is 18.7 Å². The second-order valence-corrected chi connectivity index (χ2v) is 8.79. The van der Waals surface area contributed by atoms with E-state index in [1.165, 1.54) is 29.5 Å². The number of aliphatic hydroxyl groups is 1. The number of para-hydroxylation sites is 1. The SMILES string of the molecule is OC(CN1CCN(CCn2ncc3ccccc32)CC1)(Cn1cncn1)c1ccc(F)cc1F. The zero-order valence-electron chi connectivity index (χ0n) is 18.8. The fourth-order valence-electron chi connectivity index (χ4n) is 4.65. The summed E-state index contributed by atoms with van der Waals surface area (Å²) in [6, 6.07) is 11.4. The Balaban J connectivity index is 1.23. The summed E-state index contributed by atoms with van der Waals surface area (Å²) in [4.78, 5) is 8.39. The average molecular weight is 468 g/mol. The molecule has 0 amide bonds. The minimum atomic E-state index is -1.58. The van der Waals surface area contributed by atoms with E-state index in [0.29, 0.717) is 0 Å². The summed E-state index contributed by atoms with van der Waals surface area (Å²) in [6.45, 7) is 4.98. The first-order valence-corrected chi connectivity index (χ1v) is 11.4. The Morgan fingerprint density at radius 1 is 0.912 bits per heavy atom. The van der Waals surface area contributed by atoms with Gasteiger partial charge < -0.3 is 5.11 Å². The maximum absolute atomic E-state index is 14.7. The van der Waals surface area contributed by atoms with Gasteiger partial charge in [-0.2, -0.15) is 10.2 Å². The van der Waals surface area contributed by atoms with E-state index < -0.39 is 17.2 Å². The maximum Gasteiger partial charge on any atom is 0.137 e. The van der Waals surface area contributed by atoms with Gasteiger partial charge in [0.2, 0.25) is 0 Å². The van der Waals surface area contributed by atoms with Crippen molar-refractivity contribution in [2.24, 2.45) is 0 Å². The topological polar surface area (TPSA) is 75.2 Å². The summed E-state index contributed by atoms with van der Waals surface area (Å²) in [5.41, 5.74) is -0.403. The number of nitrogens with zero attached hydrogens (tertiary/aromatic N) is 7. The first-order valence-electron chi connectivity index (χ1n) is 11.4. The van der Waals surface area contributed by atoms with Gasteiger partial charge in [-0.1, -0.05) is 24.3 Å². The lowest BCUT2D eigenvalue weighted by molar-refractivity contribution is -0.0320. The van der Waals surface area contributed by atoms with Crippen LogP contribution in [0.3, 0.4) is 0 Å². The molecule has 0 saturated carbocycles. The number of benzene rings is 2. The summed E-state index contributed by atoms with van der Waals surface area (Å²) in [7, 11) is 0. The van der Waals surface area contributed by atoms with Crippen molar-refractivity contribution < 1.29 is 13.9 Å². The Hall–Kier alpha value is -3.21. The number of rotatable bonds is 8. The third-order valence-corrected chi connectivity index (χ3v) is 6.45. The van der Waals surface area contributed by atoms with Crippen LogP contribution in [-0.2, 0) is 18.7 Å². The Bertz CT molecular complexity index is 1240. The largest absolute Gasteiger partial charge is 0.382 e. The molecule has 34 heavy (non-hydrogen) atoms. The molecular weight excluding hydrogens is 440 g/mol. The van der Waals surface area contributed by atoms with Crippen LogP contribution in [0.15, 0.2) is 61.3 Å². The van der Waals surface area contributed by atoms with E-state index in [1.54, 1.807) is 0 Å². The highest BCUT2D eigenvalue weighted by atomic mass is 19.1. The molecule has 1 saturated heterocycles. The molecule has 1 aliphatic heterocycles. The summed E-state index contributed by atoms with van der Waals surface area (Å²) in [6.07, 6.45) is 4.73. The smallest absolute Gasteiger partial charge is 0.137 e. The minimum Gasteiger partial charge on any atom is -0.382 e. The van der Waals surface area contributed by atoms with Gasteiger partial charge in [-0.3, -0.25) is 14.5 Å². The second-order valence-electron chi connectivity index (χ2n) is 8.79. The number of hydrogen-bond acceptors (Lipinski definition) is 6. The zero-order chi connectivity index (χ0) is 23.5. The monoisotopic (exact) mass is 467 g/mol. The van der Waals surface area contributed by atoms with Crippen LogP contribution >= 0.6 is 0 Å². The molecule has 5 rings (SSSR count). The first-order chi connectivity index (χ1) is 16.5. The highest BCUT2D eigenvalue weighted by Gasteiger charge is 2.36. The van der Waals surface area contributed by atoms with Gasteiger partial charge in [0.05, 0.1) is 24.8 Å². The Kier molecular flexibility index (Phi) is 6.36. The molecule has 10 heteroatoms. The van der Waals surface area contributed by atoms with Crippen LogP contribution in [0.1, 0.15) is 5.56 Å². The van der Waals surface area contributed by atoms with Crippen molar-refractivity contribution in [1.29, 1.82) is 0 Å². The second kappa shape index (κ2) is 9.57. The van der Waals surface area contributed by atoms with Gasteiger partial charge in [-0.15, -0.1) is 0 Å². The molecule has 1 aliphatic rings. The first kappa shape index (κ1) is 22.6. The van der Waals surface area contributed by atoms with Crippen LogP contribution in [0.5, 0.6) is 0 Å². The van der Waals surface area contributed by atoms with Crippen molar-refractivity contribution in [3.63, 3.8) is 0 Å². The lowest BCUT2D eigenvalue weighted by atomic mass is 9.92. The van der Waals surface area contributed by atoms with Gasteiger partial charge in [0.15, 0.2) is 0 Å². The minimum absolute atomic E-state index is 0.0160. The Morgan fingerprint density at radius 3 is 2.47 bits per heavy atom. The van der Waals surface area contributed by atoms with Gasteiger partial charge in [0, 0.05) is 56.3 Å². The summed E-state index contributed by atoms with van der Waals surface area (Å²) in [5.74, 6) is -1.45. The van der Waals surface area contributed by atoms with Crippen molar-refractivity contribution in [2.75, 3.05) is 39.3 Å². The molecular formula is C24H27F2N7O. The number of fused-ring (bicyclic) bond motifs is 1. The van der Waals surface area contributed by atoms with Gasteiger partial charge in [0.1, 0.15) is 29.9 Å². The lowest BCUT2D eigenvalue weighted by Crippen LogP contribution is -2.52. The van der Waals surface area contributed by atoms with Crippen LogP contribution in [0, 0.1) is 11.6 Å². The molecule has 1 unspecified atom stereocenters. The third kappa shape index (κ3) is 4.84. The molecule has 1 fully saturated rings. The molecule has 0 spiro atoms. The normalized spacial score (nSPS) is 17.3. The number of hydrogen-bond donors (Lipinski definition) is 1. The van der Waals surface area contributed by atoms with E-state index >= 15 is 0 Å². The Morgan fingerprint density at radius 2 is 1.71 bits per heavy atom. The summed E-state index contributed by atoms with van der Waals surface area (Å²) < 4.78 is 31.6. The van der Waals surface area contributed by atoms with Crippen LogP contribution in [0.25, 0.3) is 10.9 Å². The van der Waals surface area contributed by atoms with E-state index in [0.717, 1.165) is 56.2 Å². The van der Waals surface area contributed by atoms with E-state index in [4.69, 9.17) is 0 Å². The van der Waals surface area contributed by atoms with Crippen molar-refractivity contribution in [1.82, 2.24) is 34.3 Å². The quantitative estimate of drug-likeness (QED) is 0.428. The van der Waals surface area contributed by atoms with Crippen LogP contribution in [0.4, 0.5) is 8.78 Å². The van der Waals surface area contributed by atoms with Crippen LogP contribution < -0.4 is 0 Å². The van der Waals surface area contributed by atoms with Crippen molar-refractivity contribution >= 4 is 10.9 Å². The van der Waals surface area contributed by atoms with Crippen LogP contribution in [0.2, 0.25) is 0 Å². The van der Waals surface area contributed by atoms with Gasteiger partial charge in [-0.25, -0.2) is 18.4 Å². The third-order valence-electron chi connectivity index (χ3n) is 6.45. The molecule has 2 aromatic carbocycles. The molecule has 2 aromatic heterocycles. The molecule has 8 nitrogen and oxygen atoms in total. The van der Waals surface area contributed by atoms with E-state index in [1.807, 2.05) is 23.0 Å². The van der Waals surface area contributed by atoms with Crippen molar-refractivity contribution in [3.05, 3.63) is 78.5 Å². The molecule has 1 atom stereocenters. The molecule has 178 valence electrons.